The maximum atomic E-state index is 12.4. The molecule has 1 aliphatic rings. The lowest BCUT2D eigenvalue weighted by atomic mass is 9.95. The molecule has 254 valence electrons. The number of carbonyl (C=O) groups excluding carboxylic acids is 1. The molecular formula is C37H63IN5OP. The van der Waals surface area contributed by atoms with Gasteiger partial charge in [-0.05, 0) is 85.9 Å². The van der Waals surface area contributed by atoms with Gasteiger partial charge in [0.2, 0.25) is 5.91 Å². The molecular weight excluding hydrogens is 688 g/mol. The number of aromatic nitrogens is 1. The van der Waals surface area contributed by atoms with Crippen molar-refractivity contribution >= 4 is 43.6 Å². The first kappa shape index (κ1) is 43.2. The molecule has 1 amide bonds. The summed E-state index contributed by atoms with van der Waals surface area (Å²) in [5.41, 5.74) is 8.25. The third-order valence-electron chi connectivity index (χ3n) is 8.00. The van der Waals surface area contributed by atoms with Crippen LogP contribution in [-0.4, -0.2) is 39.3 Å². The Morgan fingerprint density at radius 1 is 1.18 bits per heavy atom. The minimum atomic E-state index is -0.0965. The van der Waals surface area contributed by atoms with Crippen LogP contribution in [0.2, 0.25) is 0 Å². The van der Waals surface area contributed by atoms with E-state index in [-0.39, 0.29) is 11.9 Å². The molecule has 45 heavy (non-hydrogen) atoms. The molecule has 0 saturated heterocycles. The number of halogens is 1. The third-order valence-corrected chi connectivity index (χ3v) is 8.82. The van der Waals surface area contributed by atoms with Crippen molar-refractivity contribution in [3.8, 4) is 11.3 Å². The van der Waals surface area contributed by atoms with Gasteiger partial charge in [0.05, 0.1) is 11.7 Å². The van der Waals surface area contributed by atoms with Crippen molar-refractivity contribution < 1.29 is 4.79 Å². The first-order valence-electron chi connectivity index (χ1n) is 16.6. The van der Waals surface area contributed by atoms with Crippen molar-refractivity contribution in [1.82, 2.24) is 15.3 Å². The van der Waals surface area contributed by atoms with Crippen LogP contribution in [-0.2, 0) is 4.79 Å². The molecule has 0 spiro atoms. The lowest BCUT2D eigenvalue weighted by Gasteiger charge is -2.31. The standard InChI is InChI=1S/C24H33N5O.C10H21P.C2H6.CH3I/c1-6-8-11-20(7-2)29(18(4)30)17(3)19-14-15-23(27-16-19)21-12-9-10-13-22(21)24(26-5)28-25;1-7(2)4-9-5-8(3)6-10(9)11;2*1-2/h7,9-10,12-17H,6,8,11,25H2,1-5H3,(H,26,28);7-10H,4-6,11H2,1-3H3;1-2H3;1H3/b20-7-;;;. The Hall–Kier alpha value is -1.83. The number of benzene rings is 1. The predicted molar refractivity (Wildman–Crippen MR) is 210 cm³/mol. The number of amidine groups is 1. The number of unbranched alkanes of at least 4 members (excludes halogenated alkanes) is 1. The Kier molecular flexibility index (Phi) is 23.4. The highest BCUT2D eigenvalue weighted by molar-refractivity contribution is 14.1. The molecule has 1 aliphatic carbocycles. The molecule has 1 fully saturated rings. The second-order valence-corrected chi connectivity index (χ2v) is 12.7. The van der Waals surface area contributed by atoms with Crippen molar-refractivity contribution in [1.29, 1.82) is 0 Å². The molecule has 6 nitrogen and oxygen atoms in total. The SMILES string of the molecule is C/C=C(/CCCC)N(C(C)=O)C(C)c1ccc(-c2ccccc2C(=NC)NN)nc1.CC.CC(C)CC1CC(C)CC1P.CI. The van der Waals surface area contributed by atoms with Crippen LogP contribution in [0.25, 0.3) is 11.3 Å². The van der Waals surface area contributed by atoms with Gasteiger partial charge in [-0.25, -0.2) is 5.84 Å². The van der Waals surface area contributed by atoms with Crippen LogP contribution in [0.1, 0.15) is 118 Å². The Labute approximate surface area is 292 Å². The summed E-state index contributed by atoms with van der Waals surface area (Å²) in [6, 6.07) is 11.8. The number of carbonyl (C=O) groups is 1. The monoisotopic (exact) mass is 751 g/mol. The predicted octanol–water partition coefficient (Wildman–Crippen LogP) is 9.99. The van der Waals surface area contributed by atoms with Crippen molar-refractivity contribution in [2.24, 2.45) is 28.6 Å². The van der Waals surface area contributed by atoms with Gasteiger partial charge in [0.15, 0.2) is 0 Å². The average molecular weight is 752 g/mol. The lowest BCUT2D eigenvalue weighted by molar-refractivity contribution is -0.128. The fourth-order valence-electron chi connectivity index (χ4n) is 5.94. The maximum absolute atomic E-state index is 12.4. The van der Waals surface area contributed by atoms with Crippen LogP contribution < -0.4 is 11.3 Å². The number of alkyl halides is 1. The molecule has 1 aromatic heterocycles. The van der Waals surface area contributed by atoms with Crippen molar-refractivity contribution in [2.45, 2.75) is 113 Å². The lowest BCUT2D eigenvalue weighted by Crippen LogP contribution is -2.31. The highest BCUT2D eigenvalue weighted by atomic mass is 127. The summed E-state index contributed by atoms with van der Waals surface area (Å²) in [7, 11) is 4.72. The van der Waals surface area contributed by atoms with Crippen molar-refractivity contribution in [3.05, 3.63) is 65.5 Å². The number of amides is 1. The van der Waals surface area contributed by atoms with E-state index in [1.54, 1.807) is 14.0 Å². The van der Waals surface area contributed by atoms with E-state index in [9.17, 15) is 4.79 Å². The number of rotatable bonds is 10. The zero-order valence-electron chi connectivity index (χ0n) is 30.0. The summed E-state index contributed by atoms with van der Waals surface area (Å²) in [5.74, 6) is 9.11. The van der Waals surface area contributed by atoms with E-state index in [0.717, 1.165) is 70.8 Å². The summed E-state index contributed by atoms with van der Waals surface area (Å²) in [4.78, 5) is 25.2. The highest BCUT2D eigenvalue weighted by Gasteiger charge is 2.28. The zero-order valence-corrected chi connectivity index (χ0v) is 33.3. The van der Waals surface area contributed by atoms with Crippen LogP contribution >= 0.6 is 31.8 Å². The minimum Gasteiger partial charge on any atom is -0.310 e. The number of allylic oxidation sites excluding steroid dienone is 2. The van der Waals surface area contributed by atoms with E-state index in [1.165, 1.54) is 19.3 Å². The van der Waals surface area contributed by atoms with Gasteiger partial charge in [-0.3, -0.25) is 14.8 Å². The molecule has 1 aromatic carbocycles. The van der Waals surface area contributed by atoms with Crippen LogP contribution in [0.4, 0.5) is 0 Å². The maximum Gasteiger partial charge on any atom is 0.224 e. The van der Waals surface area contributed by atoms with Crippen LogP contribution in [0.3, 0.4) is 0 Å². The molecule has 3 N–H and O–H groups in total. The molecule has 5 unspecified atom stereocenters. The summed E-state index contributed by atoms with van der Waals surface area (Å²) in [5, 5.41) is 0. The van der Waals surface area contributed by atoms with Crippen LogP contribution in [0, 0.1) is 17.8 Å². The number of nitrogens with one attached hydrogen (secondary N) is 1. The summed E-state index contributed by atoms with van der Waals surface area (Å²) in [6.45, 7) is 18.9. The van der Waals surface area contributed by atoms with Gasteiger partial charge in [0.1, 0.15) is 5.84 Å². The molecule has 0 radical (unpaired) electrons. The summed E-state index contributed by atoms with van der Waals surface area (Å²) >= 11 is 2.15. The molecule has 0 bridgehead atoms. The Morgan fingerprint density at radius 2 is 1.82 bits per heavy atom. The minimum absolute atomic E-state index is 0.0407. The first-order chi connectivity index (χ1) is 21.6. The first-order valence-corrected chi connectivity index (χ1v) is 19.5. The Balaban J connectivity index is 0.00000107. The summed E-state index contributed by atoms with van der Waals surface area (Å²) in [6.07, 6.45) is 11.2. The molecule has 5 atom stereocenters. The second kappa shape index (κ2) is 24.4. The van der Waals surface area contributed by atoms with Gasteiger partial charge < -0.3 is 10.3 Å². The van der Waals surface area contributed by atoms with Crippen molar-refractivity contribution in [3.63, 3.8) is 0 Å². The van der Waals surface area contributed by atoms with E-state index < -0.39 is 0 Å². The van der Waals surface area contributed by atoms with Crippen LogP contribution in [0.15, 0.2) is 59.4 Å². The van der Waals surface area contributed by atoms with E-state index in [2.05, 4.69) is 74.9 Å². The molecule has 3 rings (SSSR count). The van der Waals surface area contributed by atoms with Crippen molar-refractivity contribution in [2.75, 3.05) is 12.0 Å². The Morgan fingerprint density at radius 3 is 2.27 bits per heavy atom. The quantitative estimate of drug-likeness (QED) is 0.0482. The smallest absolute Gasteiger partial charge is 0.224 e. The number of hydrazine groups is 1. The van der Waals surface area contributed by atoms with E-state index >= 15 is 0 Å². The van der Waals surface area contributed by atoms with Gasteiger partial charge in [-0.15, -0.1) is 9.24 Å². The zero-order chi connectivity index (χ0) is 34.5. The number of nitrogens with zero attached hydrogens (tertiary/aromatic N) is 3. The fraction of sp³-hybridized carbons (Fsp3) is 0.595. The molecule has 8 heteroatoms. The number of aliphatic imine (C=N–C) groups is 1. The van der Waals surface area contributed by atoms with Gasteiger partial charge >= 0.3 is 0 Å². The summed E-state index contributed by atoms with van der Waals surface area (Å²) < 4.78 is 0. The number of pyridine rings is 1. The second-order valence-electron chi connectivity index (χ2n) is 11.8. The van der Waals surface area contributed by atoms with Gasteiger partial charge in [0, 0.05) is 37.0 Å². The fourth-order valence-corrected chi connectivity index (χ4v) is 6.72. The topological polar surface area (TPSA) is 83.6 Å². The van der Waals surface area contributed by atoms with E-state index in [4.69, 9.17) is 5.84 Å². The van der Waals surface area contributed by atoms with Gasteiger partial charge in [-0.2, -0.15) is 0 Å². The largest absolute Gasteiger partial charge is 0.310 e. The molecule has 2 aromatic rings. The highest BCUT2D eigenvalue weighted by Crippen LogP contribution is 2.39. The van der Waals surface area contributed by atoms with Crippen LogP contribution in [0.5, 0.6) is 0 Å². The van der Waals surface area contributed by atoms with Gasteiger partial charge in [0.25, 0.3) is 0 Å². The van der Waals surface area contributed by atoms with Gasteiger partial charge in [-0.1, -0.05) is 107 Å². The average Bonchev–Trinajstić information content (AvgIpc) is 3.37. The number of nitrogens with two attached hydrogens (primary N) is 1. The normalized spacial score (nSPS) is 18.4. The third kappa shape index (κ3) is 14.2. The van der Waals surface area contributed by atoms with E-state index in [1.807, 2.05) is 86.2 Å². The Bertz CT molecular complexity index is 1150. The number of hydrogen-bond acceptors (Lipinski definition) is 4. The molecule has 1 saturated carbocycles. The molecule has 1 heterocycles. The number of hydrogen-bond donors (Lipinski definition) is 2. The molecule has 0 aliphatic heterocycles. The van der Waals surface area contributed by atoms with E-state index in [0.29, 0.717) is 5.84 Å².